The second kappa shape index (κ2) is 3.73. The van der Waals surface area contributed by atoms with Crippen molar-refractivity contribution >= 4 is 21.6 Å². The molecule has 2 aromatic rings. The Morgan fingerprint density at radius 2 is 2.19 bits per heavy atom. The molecule has 0 atom stereocenters. The highest BCUT2D eigenvalue weighted by Crippen LogP contribution is 2.30. The molecular weight excluding hydrogens is 270 g/mol. The standard InChI is InChI=1S/C11H12BrN3O/c1-16-11-7-4-2-3-5-9(7)14-10-8(12)6-13-15(10)11/h6H,2-5H2,1H3. The van der Waals surface area contributed by atoms with Crippen LogP contribution in [0.2, 0.25) is 0 Å². The summed E-state index contributed by atoms with van der Waals surface area (Å²) in [5.41, 5.74) is 3.23. The fourth-order valence-electron chi connectivity index (χ4n) is 2.28. The van der Waals surface area contributed by atoms with Gasteiger partial charge in [-0.1, -0.05) is 0 Å². The van der Waals surface area contributed by atoms with Crippen LogP contribution in [0, 0.1) is 0 Å². The van der Waals surface area contributed by atoms with E-state index in [-0.39, 0.29) is 0 Å². The predicted octanol–water partition coefficient (Wildman–Crippen LogP) is 2.38. The predicted molar refractivity (Wildman–Crippen MR) is 63.9 cm³/mol. The van der Waals surface area contributed by atoms with Crippen LogP contribution >= 0.6 is 15.9 Å². The molecule has 0 fully saturated rings. The van der Waals surface area contributed by atoms with Crippen LogP contribution in [0.3, 0.4) is 0 Å². The number of fused-ring (bicyclic) bond motifs is 2. The van der Waals surface area contributed by atoms with E-state index in [0.29, 0.717) is 0 Å². The molecule has 0 saturated heterocycles. The largest absolute Gasteiger partial charge is 0.481 e. The quantitative estimate of drug-likeness (QED) is 0.806. The minimum Gasteiger partial charge on any atom is -0.481 e. The van der Waals surface area contributed by atoms with Gasteiger partial charge in [0.1, 0.15) is 0 Å². The van der Waals surface area contributed by atoms with Gasteiger partial charge >= 0.3 is 0 Å². The van der Waals surface area contributed by atoms with E-state index in [4.69, 9.17) is 4.74 Å². The lowest BCUT2D eigenvalue weighted by molar-refractivity contribution is 0.375. The van der Waals surface area contributed by atoms with E-state index in [9.17, 15) is 0 Å². The third-order valence-corrected chi connectivity index (χ3v) is 3.58. The highest BCUT2D eigenvalue weighted by molar-refractivity contribution is 9.10. The Morgan fingerprint density at radius 1 is 1.38 bits per heavy atom. The molecule has 0 aliphatic heterocycles. The fraction of sp³-hybridized carbons (Fsp3) is 0.455. The van der Waals surface area contributed by atoms with E-state index >= 15 is 0 Å². The molecule has 1 aliphatic rings. The van der Waals surface area contributed by atoms with Gasteiger partial charge in [-0.25, -0.2) is 4.98 Å². The third kappa shape index (κ3) is 1.34. The summed E-state index contributed by atoms with van der Waals surface area (Å²) in [5.74, 6) is 0.838. The van der Waals surface area contributed by atoms with Crippen LogP contribution < -0.4 is 4.74 Å². The number of nitrogens with zero attached hydrogens (tertiary/aromatic N) is 3. The first kappa shape index (κ1) is 10.1. The van der Waals surface area contributed by atoms with E-state index in [1.54, 1.807) is 17.8 Å². The van der Waals surface area contributed by atoms with Gasteiger partial charge in [0.2, 0.25) is 5.88 Å². The highest BCUT2D eigenvalue weighted by Gasteiger charge is 2.20. The highest BCUT2D eigenvalue weighted by atomic mass is 79.9. The average Bonchev–Trinajstić information content (AvgIpc) is 2.68. The zero-order valence-corrected chi connectivity index (χ0v) is 10.6. The average molecular weight is 282 g/mol. The van der Waals surface area contributed by atoms with Gasteiger partial charge in [-0.05, 0) is 41.6 Å². The molecule has 0 unspecified atom stereocenters. The molecule has 2 aromatic heterocycles. The van der Waals surface area contributed by atoms with Crippen molar-refractivity contribution in [1.82, 2.24) is 14.6 Å². The Morgan fingerprint density at radius 3 is 3.00 bits per heavy atom. The Hall–Kier alpha value is -1.10. The van der Waals surface area contributed by atoms with Crippen molar-refractivity contribution in [1.29, 1.82) is 0 Å². The smallest absolute Gasteiger partial charge is 0.221 e. The molecule has 16 heavy (non-hydrogen) atoms. The van der Waals surface area contributed by atoms with Gasteiger partial charge in [0.15, 0.2) is 5.65 Å². The van der Waals surface area contributed by atoms with Crippen molar-refractivity contribution in [2.45, 2.75) is 25.7 Å². The molecule has 0 radical (unpaired) electrons. The molecule has 1 aliphatic carbocycles. The summed E-state index contributed by atoms with van der Waals surface area (Å²) >= 11 is 3.46. The molecule has 5 heteroatoms. The Labute approximate surface area is 102 Å². The molecule has 0 bridgehead atoms. The number of aromatic nitrogens is 3. The van der Waals surface area contributed by atoms with Crippen molar-refractivity contribution in [2.24, 2.45) is 0 Å². The number of halogens is 1. The first-order valence-electron chi connectivity index (χ1n) is 5.40. The van der Waals surface area contributed by atoms with E-state index in [1.807, 2.05) is 0 Å². The van der Waals surface area contributed by atoms with Crippen molar-refractivity contribution in [3.63, 3.8) is 0 Å². The fourth-order valence-corrected chi connectivity index (χ4v) is 2.63. The molecule has 2 heterocycles. The summed E-state index contributed by atoms with van der Waals surface area (Å²) in [6.45, 7) is 0. The summed E-state index contributed by atoms with van der Waals surface area (Å²) in [7, 11) is 1.69. The minimum atomic E-state index is 0.838. The van der Waals surface area contributed by atoms with Crippen LogP contribution in [0.5, 0.6) is 5.88 Å². The molecule has 0 amide bonds. The van der Waals surface area contributed by atoms with E-state index in [0.717, 1.165) is 34.5 Å². The normalized spacial score (nSPS) is 15.1. The first-order chi connectivity index (χ1) is 7.81. The number of aryl methyl sites for hydroxylation is 1. The van der Waals surface area contributed by atoms with Crippen molar-refractivity contribution in [3.8, 4) is 5.88 Å². The summed E-state index contributed by atoms with van der Waals surface area (Å²) in [6, 6.07) is 0. The number of rotatable bonds is 1. The Kier molecular flexibility index (Phi) is 2.35. The maximum Gasteiger partial charge on any atom is 0.221 e. The molecule has 84 valence electrons. The molecule has 3 rings (SSSR count). The third-order valence-electron chi connectivity index (χ3n) is 3.02. The van der Waals surface area contributed by atoms with Gasteiger partial charge < -0.3 is 4.74 Å². The SMILES string of the molecule is COc1c2c(nc3c(Br)cnn13)CCCC2. The maximum atomic E-state index is 5.48. The van der Waals surface area contributed by atoms with E-state index < -0.39 is 0 Å². The van der Waals surface area contributed by atoms with Crippen LogP contribution in [0.4, 0.5) is 0 Å². The Bertz CT molecular complexity index is 550. The van der Waals surface area contributed by atoms with Crippen LogP contribution in [0.1, 0.15) is 24.1 Å². The van der Waals surface area contributed by atoms with Crippen LogP contribution in [0.25, 0.3) is 5.65 Å². The lowest BCUT2D eigenvalue weighted by Crippen LogP contribution is -2.11. The number of hydrogen-bond donors (Lipinski definition) is 0. The van der Waals surface area contributed by atoms with Crippen LogP contribution in [0.15, 0.2) is 10.7 Å². The van der Waals surface area contributed by atoms with Gasteiger partial charge in [-0.3, -0.25) is 0 Å². The second-order valence-corrected chi connectivity index (χ2v) is 4.84. The zero-order valence-electron chi connectivity index (χ0n) is 9.03. The Balaban J connectivity index is 2.36. The zero-order chi connectivity index (χ0) is 11.1. The topological polar surface area (TPSA) is 39.4 Å². The van der Waals surface area contributed by atoms with Crippen molar-refractivity contribution in [2.75, 3.05) is 7.11 Å². The summed E-state index contributed by atoms with van der Waals surface area (Å²) < 4.78 is 8.17. The van der Waals surface area contributed by atoms with Gasteiger partial charge in [0.25, 0.3) is 0 Å². The number of methoxy groups -OCH3 is 1. The van der Waals surface area contributed by atoms with E-state index in [2.05, 4.69) is 26.0 Å². The number of hydrogen-bond acceptors (Lipinski definition) is 3. The van der Waals surface area contributed by atoms with Gasteiger partial charge in [0.05, 0.1) is 23.5 Å². The van der Waals surface area contributed by atoms with Gasteiger partial charge in [0, 0.05) is 5.56 Å². The molecular formula is C11H12BrN3O. The van der Waals surface area contributed by atoms with Gasteiger partial charge in [-0.15, -0.1) is 0 Å². The minimum absolute atomic E-state index is 0.838. The van der Waals surface area contributed by atoms with Crippen LogP contribution in [-0.2, 0) is 12.8 Å². The maximum absolute atomic E-state index is 5.48. The molecule has 0 spiro atoms. The van der Waals surface area contributed by atoms with Gasteiger partial charge in [-0.2, -0.15) is 9.61 Å². The molecule has 0 aromatic carbocycles. The summed E-state index contributed by atoms with van der Waals surface area (Å²) in [4.78, 5) is 4.66. The summed E-state index contributed by atoms with van der Waals surface area (Å²) in [6.07, 6.45) is 6.26. The van der Waals surface area contributed by atoms with Crippen LogP contribution in [-0.4, -0.2) is 21.7 Å². The lowest BCUT2D eigenvalue weighted by Gasteiger charge is -2.18. The van der Waals surface area contributed by atoms with Crippen molar-refractivity contribution < 1.29 is 4.74 Å². The molecule has 0 saturated carbocycles. The van der Waals surface area contributed by atoms with Crippen molar-refractivity contribution in [3.05, 3.63) is 21.9 Å². The monoisotopic (exact) mass is 281 g/mol. The van der Waals surface area contributed by atoms with E-state index in [1.165, 1.54) is 18.4 Å². The molecule has 0 N–H and O–H groups in total. The number of ether oxygens (including phenoxy) is 1. The lowest BCUT2D eigenvalue weighted by atomic mass is 9.97. The summed E-state index contributed by atoms with van der Waals surface area (Å²) in [5, 5.41) is 4.28. The first-order valence-corrected chi connectivity index (χ1v) is 6.19. The second-order valence-electron chi connectivity index (χ2n) is 3.98. The molecule has 4 nitrogen and oxygen atoms in total.